The minimum atomic E-state index is 0.448. The topological polar surface area (TPSA) is 52.6 Å². The second-order valence-electron chi connectivity index (χ2n) is 4.33. The summed E-state index contributed by atoms with van der Waals surface area (Å²) in [5, 5.41) is 4.24. The largest absolute Gasteiger partial charge is 0.493 e. The number of benzene rings is 1. The van der Waals surface area contributed by atoms with Crippen LogP contribution in [0.1, 0.15) is 9.88 Å². The van der Waals surface area contributed by atoms with Gasteiger partial charge in [-0.3, -0.25) is 0 Å². The molecule has 0 fully saturated rings. The van der Waals surface area contributed by atoms with E-state index in [4.69, 9.17) is 14.2 Å². The molecule has 0 amide bonds. The zero-order chi connectivity index (χ0) is 14.9. The summed E-state index contributed by atoms with van der Waals surface area (Å²) in [5.41, 5.74) is 0. The van der Waals surface area contributed by atoms with Crippen LogP contribution in [0.3, 0.4) is 0 Å². The smallest absolute Gasteiger partial charge is 0.161 e. The lowest BCUT2D eigenvalue weighted by atomic mass is 10.3. The van der Waals surface area contributed by atoms with Gasteiger partial charge in [0.1, 0.15) is 11.6 Å². The Morgan fingerprint density at radius 1 is 1.19 bits per heavy atom. The number of thiazole rings is 1. The highest BCUT2D eigenvalue weighted by Crippen LogP contribution is 2.27. The molecule has 0 atom stereocenters. The zero-order valence-corrected chi connectivity index (χ0v) is 13.1. The van der Waals surface area contributed by atoms with Crippen molar-refractivity contribution in [2.24, 2.45) is 0 Å². The normalized spacial score (nSPS) is 10.6. The van der Waals surface area contributed by atoms with Gasteiger partial charge in [-0.1, -0.05) is 12.1 Å². The molecule has 1 aromatic heterocycles. The van der Waals surface area contributed by atoms with Gasteiger partial charge in [0.15, 0.2) is 11.5 Å². The van der Waals surface area contributed by atoms with Gasteiger partial charge in [0.05, 0.1) is 13.7 Å². The number of rotatable bonds is 9. The molecule has 0 spiro atoms. The maximum Gasteiger partial charge on any atom is 0.161 e. The third kappa shape index (κ3) is 5.00. The number of nitrogens with one attached hydrogen (secondary N) is 1. The van der Waals surface area contributed by atoms with Crippen molar-refractivity contribution in [3.8, 4) is 11.5 Å². The van der Waals surface area contributed by atoms with Gasteiger partial charge in [-0.25, -0.2) is 4.98 Å². The molecular weight excluding hydrogens is 288 g/mol. The molecule has 1 N–H and O–H groups in total. The van der Waals surface area contributed by atoms with E-state index < -0.39 is 0 Å². The van der Waals surface area contributed by atoms with E-state index in [9.17, 15) is 0 Å². The summed E-state index contributed by atoms with van der Waals surface area (Å²) in [6.45, 7) is 2.79. The van der Waals surface area contributed by atoms with Crippen LogP contribution in [0.2, 0.25) is 0 Å². The summed E-state index contributed by atoms with van der Waals surface area (Å²) >= 11 is 1.64. The zero-order valence-electron chi connectivity index (χ0n) is 12.3. The average molecular weight is 308 g/mol. The fourth-order valence-corrected chi connectivity index (χ4v) is 2.57. The molecule has 0 saturated heterocycles. The fourth-order valence-electron chi connectivity index (χ4n) is 1.76. The Kier molecular flexibility index (Phi) is 6.46. The number of ether oxygens (including phenoxy) is 3. The fraction of sp³-hybridized carbons (Fsp3) is 0.400. The molecule has 0 saturated carbocycles. The highest BCUT2D eigenvalue weighted by molar-refractivity contribution is 7.11. The quantitative estimate of drug-likeness (QED) is 0.721. The minimum absolute atomic E-state index is 0.448. The first-order valence-electron chi connectivity index (χ1n) is 6.72. The number of hydrogen-bond donors (Lipinski definition) is 1. The van der Waals surface area contributed by atoms with Crippen molar-refractivity contribution in [1.29, 1.82) is 0 Å². The van der Waals surface area contributed by atoms with Crippen molar-refractivity contribution in [3.05, 3.63) is 40.3 Å². The van der Waals surface area contributed by atoms with Crippen molar-refractivity contribution >= 4 is 11.3 Å². The lowest BCUT2D eigenvalue weighted by molar-refractivity contribution is 0.199. The van der Waals surface area contributed by atoms with E-state index in [2.05, 4.69) is 10.3 Å². The summed E-state index contributed by atoms with van der Waals surface area (Å²) in [7, 11) is 3.33. The van der Waals surface area contributed by atoms with Gasteiger partial charge in [-0.15, -0.1) is 11.3 Å². The van der Waals surface area contributed by atoms with E-state index in [1.807, 2.05) is 30.5 Å². The molecular formula is C15H20N2O3S. The van der Waals surface area contributed by atoms with Crippen LogP contribution in [0.5, 0.6) is 11.5 Å². The molecule has 114 valence electrons. The average Bonchev–Trinajstić information content (AvgIpc) is 2.98. The molecule has 0 bridgehead atoms. The van der Waals surface area contributed by atoms with E-state index in [0.29, 0.717) is 13.2 Å². The highest BCUT2D eigenvalue weighted by atomic mass is 32.1. The molecule has 6 heteroatoms. The molecule has 21 heavy (non-hydrogen) atoms. The predicted molar refractivity (Wildman–Crippen MR) is 83.0 cm³/mol. The summed E-state index contributed by atoms with van der Waals surface area (Å²) in [4.78, 5) is 5.55. The van der Waals surface area contributed by atoms with Crippen LogP contribution >= 0.6 is 11.3 Å². The van der Waals surface area contributed by atoms with E-state index in [1.54, 1.807) is 25.6 Å². The van der Waals surface area contributed by atoms with E-state index in [0.717, 1.165) is 29.6 Å². The monoisotopic (exact) mass is 308 g/mol. The summed E-state index contributed by atoms with van der Waals surface area (Å²) < 4.78 is 16.0. The SMILES string of the molecule is COCCNCc1cnc(COc2ccccc2OC)s1. The predicted octanol–water partition coefficient (Wildman–Crippen LogP) is 2.47. The lowest BCUT2D eigenvalue weighted by Gasteiger charge is -2.08. The number of nitrogens with zero attached hydrogens (tertiary/aromatic N) is 1. The van der Waals surface area contributed by atoms with Gasteiger partial charge < -0.3 is 19.5 Å². The highest BCUT2D eigenvalue weighted by Gasteiger charge is 2.06. The molecule has 0 unspecified atom stereocenters. The third-order valence-corrected chi connectivity index (χ3v) is 3.77. The summed E-state index contributed by atoms with van der Waals surface area (Å²) in [6, 6.07) is 7.60. The minimum Gasteiger partial charge on any atom is -0.493 e. The Bertz CT molecular complexity index is 545. The number of hydrogen-bond acceptors (Lipinski definition) is 6. The number of para-hydroxylation sites is 2. The van der Waals surface area contributed by atoms with Crippen molar-refractivity contribution in [3.63, 3.8) is 0 Å². The van der Waals surface area contributed by atoms with Gasteiger partial charge in [-0.05, 0) is 12.1 Å². The van der Waals surface area contributed by atoms with E-state index >= 15 is 0 Å². The van der Waals surface area contributed by atoms with Gasteiger partial charge in [0.2, 0.25) is 0 Å². The lowest BCUT2D eigenvalue weighted by Crippen LogP contribution is -2.17. The molecule has 1 aromatic carbocycles. The molecule has 1 heterocycles. The molecule has 2 rings (SSSR count). The molecule has 0 aliphatic heterocycles. The van der Waals surface area contributed by atoms with Crippen LogP contribution in [-0.2, 0) is 17.9 Å². The van der Waals surface area contributed by atoms with Crippen LogP contribution in [0.15, 0.2) is 30.5 Å². The maximum absolute atomic E-state index is 5.75. The molecule has 5 nitrogen and oxygen atoms in total. The Morgan fingerprint density at radius 3 is 2.76 bits per heavy atom. The Hall–Kier alpha value is -1.63. The standard InChI is InChI=1S/C15H20N2O3S/c1-18-8-7-16-9-12-10-17-15(21-12)11-20-14-6-4-3-5-13(14)19-2/h3-6,10,16H,7-9,11H2,1-2H3. The van der Waals surface area contributed by atoms with Gasteiger partial charge in [-0.2, -0.15) is 0 Å². The Labute approximate surface area is 128 Å². The van der Waals surface area contributed by atoms with Gasteiger partial charge >= 0.3 is 0 Å². The van der Waals surface area contributed by atoms with Crippen LogP contribution in [-0.4, -0.2) is 32.4 Å². The van der Waals surface area contributed by atoms with Crippen LogP contribution in [0.25, 0.3) is 0 Å². The maximum atomic E-state index is 5.75. The first-order chi connectivity index (χ1) is 10.3. The van der Waals surface area contributed by atoms with Crippen molar-refractivity contribution in [2.45, 2.75) is 13.2 Å². The Morgan fingerprint density at radius 2 is 2.00 bits per heavy atom. The van der Waals surface area contributed by atoms with Crippen molar-refractivity contribution in [1.82, 2.24) is 10.3 Å². The van der Waals surface area contributed by atoms with Crippen LogP contribution in [0.4, 0.5) is 0 Å². The van der Waals surface area contributed by atoms with Gasteiger partial charge in [0.25, 0.3) is 0 Å². The third-order valence-electron chi connectivity index (χ3n) is 2.80. The van der Waals surface area contributed by atoms with E-state index in [1.165, 1.54) is 4.88 Å². The second-order valence-corrected chi connectivity index (χ2v) is 5.53. The molecule has 0 radical (unpaired) electrons. The van der Waals surface area contributed by atoms with Crippen LogP contribution in [0, 0.1) is 0 Å². The Balaban J connectivity index is 1.82. The second kappa shape index (κ2) is 8.61. The first-order valence-corrected chi connectivity index (χ1v) is 7.54. The molecule has 0 aliphatic carbocycles. The first kappa shape index (κ1) is 15.8. The van der Waals surface area contributed by atoms with Crippen molar-refractivity contribution < 1.29 is 14.2 Å². The molecule has 2 aromatic rings. The number of aromatic nitrogens is 1. The number of methoxy groups -OCH3 is 2. The van der Waals surface area contributed by atoms with E-state index in [-0.39, 0.29) is 0 Å². The van der Waals surface area contributed by atoms with Crippen LogP contribution < -0.4 is 14.8 Å². The van der Waals surface area contributed by atoms with Gasteiger partial charge in [0, 0.05) is 31.3 Å². The summed E-state index contributed by atoms with van der Waals surface area (Å²) in [5.74, 6) is 1.46. The molecule has 0 aliphatic rings. The summed E-state index contributed by atoms with van der Waals surface area (Å²) in [6.07, 6.45) is 1.88. The van der Waals surface area contributed by atoms with Crippen molar-refractivity contribution in [2.75, 3.05) is 27.4 Å².